The molecule has 0 spiro atoms. The molecule has 1 N–H and O–H groups in total. The van der Waals surface area contributed by atoms with Crippen molar-refractivity contribution in [3.8, 4) is 0 Å². The zero-order valence-corrected chi connectivity index (χ0v) is 15.2. The minimum Gasteiger partial charge on any atom is -0.350 e. The van der Waals surface area contributed by atoms with Crippen molar-refractivity contribution >= 4 is 39.2 Å². The summed E-state index contributed by atoms with van der Waals surface area (Å²) in [4.78, 5) is 22.2. The van der Waals surface area contributed by atoms with E-state index < -0.39 is 0 Å². The van der Waals surface area contributed by atoms with Crippen molar-refractivity contribution in [1.82, 2.24) is 15.3 Å². The van der Waals surface area contributed by atoms with Crippen LogP contribution in [0.5, 0.6) is 0 Å². The van der Waals surface area contributed by atoms with E-state index in [1.807, 2.05) is 11.4 Å². The highest BCUT2D eigenvalue weighted by Crippen LogP contribution is 2.55. The Hall–Kier alpha value is -1.14. The molecule has 0 unspecified atom stereocenters. The van der Waals surface area contributed by atoms with Gasteiger partial charge in [0.25, 0.3) is 0 Å². The van der Waals surface area contributed by atoms with Crippen molar-refractivity contribution in [2.24, 2.45) is 17.8 Å². The van der Waals surface area contributed by atoms with Gasteiger partial charge < -0.3 is 5.32 Å². The molecule has 126 valence electrons. The molecule has 6 rings (SSSR count). The summed E-state index contributed by atoms with van der Waals surface area (Å²) in [6, 6.07) is 2.04. The molecule has 4 aliphatic carbocycles. The smallest absolute Gasteiger partial charge is 0.230 e. The number of carbonyl (C=O) groups excluding carboxylic acids is 1. The Morgan fingerprint density at radius 3 is 2.62 bits per heavy atom. The third-order valence-electron chi connectivity index (χ3n) is 6.01. The number of amides is 1. The number of thioether (sulfide) groups is 1. The van der Waals surface area contributed by atoms with E-state index in [0.29, 0.717) is 5.75 Å². The Labute approximate surface area is 149 Å². The summed E-state index contributed by atoms with van der Waals surface area (Å²) < 4.78 is 0. The van der Waals surface area contributed by atoms with Crippen molar-refractivity contribution in [2.45, 2.75) is 49.1 Å². The molecular formula is C18H21N3OS2. The summed E-state index contributed by atoms with van der Waals surface area (Å²) in [6.07, 6.45) is 9.42. The molecule has 4 bridgehead atoms. The number of rotatable bonds is 4. The van der Waals surface area contributed by atoms with Crippen LogP contribution in [0.1, 0.15) is 38.5 Å². The van der Waals surface area contributed by atoms with Crippen molar-refractivity contribution in [3.63, 3.8) is 0 Å². The first kappa shape index (κ1) is 15.1. The van der Waals surface area contributed by atoms with Crippen LogP contribution in [0.25, 0.3) is 10.2 Å². The minimum atomic E-state index is 0.107. The second-order valence-electron chi connectivity index (χ2n) is 7.85. The molecule has 0 saturated heterocycles. The molecule has 4 aliphatic rings. The molecular weight excluding hydrogens is 338 g/mol. The Kier molecular flexibility index (Phi) is 3.59. The molecule has 2 aromatic heterocycles. The fourth-order valence-corrected chi connectivity index (χ4v) is 7.19. The van der Waals surface area contributed by atoms with Crippen molar-refractivity contribution in [3.05, 3.63) is 17.8 Å². The highest BCUT2D eigenvalue weighted by Gasteiger charge is 2.51. The van der Waals surface area contributed by atoms with Gasteiger partial charge in [-0.1, -0.05) is 11.8 Å². The number of carbonyl (C=O) groups is 1. The number of nitrogens with one attached hydrogen (secondary N) is 1. The lowest BCUT2D eigenvalue weighted by Crippen LogP contribution is -2.60. The minimum absolute atomic E-state index is 0.107. The van der Waals surface area contributed by atoms with Gasteiger partial charge in [0.1, 0.15) is 16.2 Å². The molecule has 0 radical (unpaired) electrons. The van der Waals surface area contributed by atoms with Crippen LogP contribution in [-0.4, -0.2) is 27.2 Å². The molecule has 2 aromatic rings. The first-order valence-corrected chi connectivity index (χ1v) is 10.7. The summed E-state index contributed by atoms with van der Waals surface area (Å²) in [5.74, 6) is 3.19. The number of thiophene rings is 1. The molecule has 4 fully saturated rings. The Morgan fingerprint density at radius 2 is 1.92 bits per heavy atom. The maximum absolute atomic E-state index is 12.6. The quantitative estimate of drug-likeness (QED) is 0.665. The highest BCUT2D eigenvalue weighted by atomic mass is 32.2. The second-order valence-corrected chi connectivity index (χ2v) is 9.71. The van der Waals surface area contributed by atoms with Crippen LogP contribution in [0.15, 0.2) is 22.8 Å². The van der Waals surface area contributed by atoms with E-state index in [-0.39, 0.29) is 11.4 Å². The number of nitrogens with zero attached hydrogens (tertiary/aromatic N) is 2. The first-order valence-electron chi connectivity index (χ1n) is 8.81. The fraction of sp³-hybridized carbons (Fsp3) is 0.611. The summed E-state index contributed by atoms with van der Waals surface area (Å²) in [7, 11) is 0. The van der Waals surface area contributed by atoms with Crippen LogP contribution < -0.4 is 5.32 Å². The zero-order chi connectivity index (χ0) is 16.1. The number of aromatic nitrogens is 2. The SMILES string of the molecule is O=C(CSc1ncnc2sccc12)NC12CC3CC(CC(C3)C1)C2. The Balaban J connectivity index is 1.26. The normalized spacial score (nSPS) is 33.9. The Morgan fingerprint density at radius 1 is 1.21 bits per heavy atom. The van der Waals surface area contributed by atoms with E-state index in [2.05, 4.69) is 15.3 Å². The van der Waals surface area contributed by atoms with Crippen LogP contribution in [-0.2, 0) is 4.79 Å². The first-order chi connectivity index (χ1) is 11.7. The lowest BCUT2D eigenvalue weighted by molar-refractivity contribution is -0.124. The van der Waals surface area contributed by atoms with Crippen LogP contribution in [0.4, 0.5) is 0 Å². The van der Waals surface area contributed by atoms with Gasteiger partial charge in [0, 0.05) is 10.9 Å². The van der Waals surface area contributed by atoms with Gasteiger partial charge >= 0.3 is 0 Å². The molecule has 0 aliphatic heterocycles. The van der Waals surface area contributed by atoms with E-state index in [1.165, 1.54) is 50.3 Å². The predicted molar refractivity (Wildman–Crippen MR) is 97.2 cm³/mol. The molecule has 0 atom stereocenters. The average Bonchev–Trinajstić information content (AvgIpc) is 3.00. The van der Waals surface area contributed by atoms with Gasteiger partial charge in [-0.2, -0.15) is 0 Å². The van der Waals surface area contributed by atoms with Crippen LogP contribution in [0, 0.1) is 17.8 Å². The maximum atomic E-state index is 12.6. The lowest BCUT2D eigenvalue weighted by atomic mass is 9.53. The number of fused-ring (bicyclic) bond motifs is 1. The van der Waals surface area contributed by atoms with E-state index in [9.17, 15) is 4.79 Å². The summed E-state index contributed by atoms with van der Waals surface area (Å²) in [5, 5.41) is 7.45. The summed E-state index contributed by atoms with van der Waals surface area (Å²) >= 11 is 3.15. The lowest BCUT2D eigenvalue weighted by Gasteiger charge is -2.56. The van der Waals surface area contributed by atoms with E-state index in [1.54, 1.807) is 17.7 Å². The topological polar surface area (TPSA) is 54.9 Å². The summed E-state index contributed by atoms with van der Waals surface area (Å²) in [5.41, 5.74) is 0.107. The van der Waals surface area contributed by atoms with Crippen LogP contribution in [0.2, 0.25) is 0 Å². The van der Waals surface area contributed by atoms with Gasteiger partial charge in [0.2, 0.25) is 5.91 Å². The van der Waals surface area contributed by atoms with Gasteiger partial charge in [0.05, 0.1) is 5.75 Å². The largest absolute Gasteiger partial charge is 0.350 e. The molecule has 4 nitrogen and oxygen atoms in total. The molecule has 6 heteroatoms. The average molecular weight is 360 g/mol. The van der Waals surface area contributed by atoms with Gasteiger partial charge in [-0.05, 0) is 67.7 Å². The molecule has 2 heterocycles. The van der Waals surface area contributed by atoms with E-state index in [4.69, 9.17) is 0 Å². The van der Waals surface area contributed by atoms with Crippen molar-refractivity contribution < 1.29 is 4.79 Å². The van der Waals surface area contributed by atoms with Gasteiger partial charge in [-0.25, -0.2) is 9.97 Å². The standard InChI is InChI=1S/C18H21N3OS2/c22-15(9-24-17-14-1-2-23-16(14)19-10-20-17)21-18-6-11-3-12(7-18)5-13(4-11)8-18/h1-2,10-13H,3-9H2,(H,21,22). The monoisotopic (exact) mass is 359 g/mol. The molecule has 1 amide bonds. The summed E-state index contributed by atoms with van der Waals surface area (Å²) in [6.45, 7) is 0. The highest BCUT2D eigenvalue weighted by molar-refractivity contribution is 8.00. The van der Waals surface area contributed by atoms with Crippen molar-refractivity contribution in [1.29, 1.82) is 0 Å². The van der Waals surface area contributed by atoms with Crippen LogP contribution in [0.3, 0.4) is 0 Å². The van der Waals surface area contributed by atoms with Gasteiger partial charge in [-0.3, -0.25) is 4.79 Å². The van der Waals surface area contributed by atoms with E-state index in [0.717, 1.165) is 33.0 Å². The second kappa shape index (κ2) is 5.70. The third-order valence-corrected chi connectivity index (χ3v) is 7.83. The third kappa shape index (κ3) is 2.64. The number of hydrogen-bond acceptors (Lipinski definition) is 5. The predicted octanol–water partition coefficient (Wildman–Crippen LogP) is 3.87. The molecule has 24 heavy (non-hydrogen) atoms. The van der Waals surface area contributed by atoms with Crippen molar-refractivity contribution in [2.75, 3.05) is 5.75 Å². The van der Waals surface area contributed by atoms with Crippen LogP contribution >= 0.6 is 23.1 Å². The fourth-order valence-electron chi connectivity index (χ4n) is 5.61. The maximum Gasteiger partial charge on any atom is 0.230 e. The van der Waals surface area contributed by atoms with Gasteiger partial charge in [-0.15, -0.1) is 11.3 Å². The zero-order valence-electron chi connectivity index (χ0n) is 13.5. The number of hydrogen-bond donors (Lipinski definition) is 1. The Bertz CT molecular complexity index is 752. The molecule has 0 aromatic carbocycles. The molecule has 4 saturated carbocycles. The van der Waals surface area contributed by atoms with Gasteiger partial charge in [0.15, 0.2) is 0 Å². The van der Waals surface area contributed by atoms with E-state index >= 15 is 0 Å².